The topological polar surface area (TPSA) is 54.5 Å². The highest BCUT2D eigenvalue weighted by Crippen LogP contribution is 2.24. The minimum Gasteiger partial charge on any atom is -0.340 e. The second-order valence-electron chi connectivity index (χ2n) is 7.13. The van der Waals surface area contributed by atoms with Gasteiger partial charge in [0.25, 0.3) is 0 Å². The third-order valence-corrected chi connectivity index (χ3v) is 7.39. The molecule has 0 aromatic heterocycles. The van der Waals surface area contributed by atoms with Crippen molar-refractivity contribution < 1.29 is 13.2 Å². The van der Waals surface area contributed by atoms with Gasteiger partial charge in [-0.1, -0.05) is 39.8 Å². The van der Waals surface area contributed by atoms with Gasteiger partial charge in [-0.25, -0.2) is 8.42 Å². The van der Waals surface area contributed by atoms with E-state index < -0.39 is 9.84 Å². The average Bonchev–Trinajstić information content (AvgIpc) is 2.36. The van der Waals surface area contributed by atoms with Crippen LogP contribution in [0.5, 0.6) is 0 Å². The van der Waals surface area contributed by atoms with Gasteiger partial charge in [-0.3, -0.25) is 4.79 Å². The van der Waals surface area contributed by atoms with Crippen molar-refractivity contribution in [3.05, 3.63) is 29.8 Å². The predicted octanol–water partition coefficient (Wildman–Crippen LogP) is 3.01. The lowest BCUT2D eigenvalue weighted by molar-refractivity contribution is -0.133. The monoisotopic (exact) mass is 369 g/mol. The van der Waals surface area contributed by atoms with Gasteiger partial charge in [0.2, 0.25) is 5.91 Å². The van der Waals surface area contributed by atoms with Crippen LogP contribution in [-0.4, -0.2) is 48.6 Å². The first-order chi connectivity index (χ1) is 11.2. The van der Waals surface area contributed by atoms with Gasteiger partial charge < -0.3 is 4.90 Å². The van der Waals surface area contributed by atoms with Gasteiger partial charge in [-0.2, -0.15) is 0 Å². The number of hydrogen-bond donors (Lipinski definition) is 0. The third-order valence-electron chi connectivity index (χ3n) is 3.92. The maximum atomic E-state index is 12.3. The van der Waals surface area contributed by atoms with Crippen LogP contribution in [0.1, 0.15) is 33.3 Å². The SMILES string of the molecule is CC(C)CS(=O)(=O)C1CN(C(=O)Cc2ccc(SC(C)C)cc2)C1. The Hall–Kier alpha value is -1.01. The van der Waals surface area contributed by atoms with Crippen LogP contribution in [-0.2, 0) is 21.1 Å². The number of benzene rings is 1. The van der Waals surface area contributed by atoms with Crippen LogP contribution in [0.3, 0.4) is 0 Å². The van der Waals surface area contributed by atoms with Crippen molar-refractivity contribution in [3.8, 4) is 0 Å². The molecule has 1 saturated heterocycles. The highest BCUT2D eigenvalue weighted by molar-refractivity contribution is 7.99. The van der Waals surface area contributed by atoms with Crippen LogP contribution in [0.25, 0.3) is 0 Å². The first kappa shape index (κ1) is 19.3. The van der Waals surface area contributed by atoms with Gasteiger partial charge in [-0.15, -0.1) is 11.8 Å². The summed E-state index contributed by atoms with van der Waals surface area (Å²) in [6, 6.07) is 8.04. The van der Waals surface area contributed by atoms with E-state index >= 15 is 0 Å². The van der Waals surface area contributed by atoms with Crippen molar-refractivity contribution in [1.29, 1.82) is 0 Å². The van der Waals surface area contributed by atoms with Gasteiger partial charge in [0.1, 0.15) is 0 Å². The van der Waals surface area contributed by atoms with Crippen molar-refractivity contribution in [2.24, 2.45) is 5.92 Å². The summed E-state index contributed by atoms with van der Waals surface area (Å²) in [6.07, 6.45) is 0.337. The molecule has 24 heavy (non-hydrogen) atoms. The van der Waals surface area contributed by atoms with Gasteiger partial charge in [0, 0.05) is 23.2 Å². The molecule has 0 aliphatic carbocycles. The molecule has 0 N–H and O–H groups in total. The number of rotatable bonds is 7. The number of amides is 1. The molecule has 134 valence electrons. The fraction of sp³-hybridized carbons (Fsp3) is 0.611. The third kappa shape index (κ3) is 5.24. The molecule has 0 atom stereocenters. The average molecular weight is 370 g/mol. The molecule has 2 rings (SSSR count). The molecular formula is C18H27NO3S2. The van der Waals surface area contributed by atoms with E-state index in [9.17, 15) is 13.2 Å². The summed E-state index contributed by atoms with van der Waals surface area (Å²) in [7, 11) is -3.08. The van der Waals surface area contributed by atoms with E-state index in [0.29, 0.717) is 24.8 Å². The Kier molecular flexibility index (Phi) is 6.37. The summed E-state index contributed by atoms with van der Waals surface area (Å²) in [5.41, 5.74) is 0.974. The summed E-state index contributed by atoms with van der Waals surface area (Å²) < 4.78 is 24.3. The number of thioether (sulfide) groups is 1. The van der Waals surface area contributed by atoms with Crippen molar-refractivity contribution in [2.75, 3.05) is 18.8 Å². The molecule has 6 heteroatoms. The zero-order valence-corrected chi connectivity index (χ0v) is 16.5. The Labute approximate surface area is 149 Å². The quantitative estimate of drug-likeness (QED) is 0.693. The van der Waals surface area contributed by atoms with E-state index in [4.69, 9.17) is 0 Å². The summed E-state index contributed by atoms with van der Waals surface area (Å²) in [5, 5.41) is 0.150. The van der Waals surface area contributed by atoms with Crippen molar-refractivity contribution >= 4 is 27.5 Å². The molecule has 1 amide bonds. The fourth-order valence-electron chi connectivity index (χ4n) is 2.71. The number of carbonyl (C=O) groups excluding carboxylic acids is 1. The summed E-state index contributed by atoms with van der Waals surface area (Å²) in [4.78, 5) is 15.1. The number of carbonyl (C=O) groups is 1. The Bertz CT molecular complexity index is 660. The minimum absolute atomic E-state index is 0.00950. The van der Waals surface area contributed by atoms with E-state index in [1.807, 2.05) is 38.1 Å². The summed E-state index contributed by atoms with van der Waals surface area (Å²) >= 11 is 1.79. The maximum Gasteiger partial charge on any atom is 0.227 e. The van der Waals surface area contributed by atoms with Gasteiger partial charge >= 0.3 is 0 Å². The van der Waals surface area contributed by atoms with Crippen LogP contribution in [0.2, 0.25) is 0 Å². The van der Waals surface area contributed by atoms with Gasteiger partial charge in [0.05, 0.1) is 17.4 Å². The van der Waals surface area contributed by atoms with Crippen molar-refractivity contribution in [2.45, 2.75) is 49.5 Å². The van der Waals surface area contributed by atoms with E-state index in [-0.39, 0.29) is 22.8 Å². The van der Waals surface area contributed by atoms with Gasteiger partial charge in [-0.05, 0) is 23.6 Å². The lowest BCUT2D eigenvalue weighted by Gasteiger charge is -2.39. The molecule has 1 aromatic carbocycles. The number of nitrogens with zero attached hydrogens (tertiary/aromatic N) is 1. The fourth-order valence-corrected chi connectivity index (χ4v) is 5.57. The first-order valence-electron chi connectivity index (χ1n) is 8.42. The maximum absolute atomic E-state index is 12.3. The molecular weight excluding hydrogens is 342 g/mol. The Balaban J connectivity index is 1.84. The smallest absolute Gasteiger partial charge is 0.227 e. The molecule has 1 aromatic rings. The predicted molar refractivity (Wildman–Crippen MR) is 100 cm³/mol. The second-order valence-corrected chi connectivity index (χ2v) is 11.1. The molecule has 0 saturated carbocycles. The van der Waals surface area contributed by atoms with E-state index in [0.717, 1.165) is 5.56 Å². The Morgan fingerprint density at radius 2 is 1.75 bits per heavy atom. The van der Waals surface area contributed by atoms with Crippen molar-refractivity contribution in [1.82, 2.24) is 4.90 Å². The number of likely N-dealkylation sites (tertiary alicyclic amines) is 1. The number of sulfone groups is 1. The normalized spacial score (nSPS) is 15.8. The highest BCUT2D eigenvalue weighted by Gasteiger charge is 2.39. The minimum atomic E-state index is -3.08. The van der Waals surface area contributed by atoms with Crippen LogP contribution in [0.4, 0.5) is 0 Å². The van der Waals surface area contributed by atoms with E-state index in [1.54, 1.807) is 16.7 Å². The Morgan fingerprint density at radius 1 is 1.17 bits per heavy atom. The van der Waals surface area contributed by atoms with E-state index in [2.05, 4.69) is 13.8 Å². The van der Waals surface area contributed by atoms with Crippen LogP contribution >= 0.6 is 11.8 Å². The second kappa shape index (κ2) is 7.91. The first-order valence-corrected chi connectivity index (χ1v) is 11.0. The lowest BCUT2D eigenvalue weighted by atomic mass is 10.1. The molecule has 0 unspecified atom stereocenters. The molecule has 1 aliphatic heterocycles. The van der Waals surface area contributed by atoms with Gasteiger partial charge in [0.15, 0.2) is 9.84 Å². The van der Waals surface area contributed by atoms with Crippen LogP contribution in [0, 0.1) is 5.92 Å². The van der Waals surface area contributed by atoms with E-state index in [1.165, 1.54) is 4.90 Å². The molecule has 4 nitrogen and oxygen atoms in total. The van der Waals surface area contributed by atoms with Crippen LogP contribution in [0.15, 0.2) is 29.2 Å². The summed E-state index contributed by atoms with van der Waals surface area (Å²) in [6.45, 7) is 8.79. The zero-order chi connectivity index (χ0) is 17.9. The largest absolute Gasteiger partial charge is 0.340 e. The van der Waals surface area contributed by atoms with Crippen molar-refractivity contribution in [3.63, 3.8) is 0 Å². The molecule has 1 fully saturated rings. The lowest BCUT2D eigenvalue weighted by Crippen LogP contribution is -2.58. The molecule has 0 radical (unpaired) electrons. The molecule has 0 bridgehead atoms. The zero-order valence-electron chi connectivity index (χ0n) is 14.9. The summed E-state index contributed by atoms with van der Waals surface area (Å²) in [5.74, 6) is 0.339. The molecule has 1 aliphatic rings. The molecule has 0 spiro atoms. The molecule has 1 heterocycles. The highest BCUT2D eigenvalue weighted by atomic mass is 32.2. The standard InChI is InChI=1S/C18H27NO3S2/c1-13(2)12-24(21,22)17-10-19(11-17)18(20)9-15-5-7-16(8-6-15)23-14(3)4/h5-8,13-14,17H,9-12H2,1-4H3. The van der Waals surface area contributed by atoms with Crippen LogP contribution < -0.4 is 0 Å². The number of hydrogen-bond acceptors (Lipinski definition) is 4. The Morgan fingerprint density at radius 3 is 2.25 bits per heavy atom.